The number of carboxylic acid groups (broad SMARTS) is 1. The van der Waals surface area contributed by atoms with E-state index >= 15 is 0 Å². The van der Waals surface area contributed by atoms with Gasteiger partial charge in [-0.15, -0.1) is 0 Å². The van der Waals surface area contributed by atoms with Gasteiger partial charge in [0.2, 0.25) is 0 Å². The predicted molar refractivity (Wildman–Crippen MR) is 97.4 cm³/mol. The highest BCUT2D eigenvalue weighted by Crippen LogP contribution is 2.38. The van der Waals surface area contributed by atoms with Gasteiger partial charge in [0.1, 0.15) is 0 Å². The summed E-state index contributed by atoms with van der Waals surface area (Å²) in [6.45, 7) is 2.81. The van der Waals surface area contributed by atoms with Gasteiger partial charge in [-0.3, -0.25) is 9.59 Å². The van der Waals surface area contributed by atoms with Gasteiger partial charge < -0.3 is 20.0 Å². The Morgan fingerprint density at radius 2 is 2.15 bits per heavy atom. The van der Waals surface area contributed by atoms with Crippen LogP contribution in [0.3, 0.4) is 0 Å². The quantitative estimate of drug-likeness (QED) is 0.692. The molecule has 0 radical (unpaired) electrons. The van der Waals surface area contributed by atoms with Crippen molar-refractivity contribution in [2.75, 3.05) is 33.2 Å². The zero-order valence-electron chi connectivity index (χ0n) is 15.4. The molecule has 2 saturated heterocycles. The van der Waals surface area contributed by atoms with Gasteiger partial charge in [0.05, 0.1) is 12.3 Å². The van der Waals surface area contributed by atoms with Crippen molar-refractivity contribution in [2.24, 2.45) is 5.41 Å². The highest BCUT2D eigenvalue weighted by atomic mass is 16.3. The van der Waals surface area contributed by atoms with Crippen LogP contribution in [0.2, 0.25) is 0 Å². The molecule has 1 spiro atoms. The molecule has 27 heavy (non-hydrogen) atoms. The van der Waals surface area contributed by atoms with Gasteiger partial charge in [-0.2, -0.15) is 5.10 Å². The number of rotatable bonds is 1. The molecule has 4 rings (SSSR count). The summed E-state index contributed by atoms with van der Waals surface area (Å²) in [5.74, 6) is -0.0549. The number of carbonyl (C=O) groups excluding carboxylic acids is 1. The van der Waals surface area contributed by atoms with E-state index in [1.54, 1.807) is 23.0 Å². The maximum atomic E-state index is 13.0. The fourth-order valence-corrected chi connectivity index (χ4v) is 4.24. The Morgan fingerprint density at radius 1 is 1.37 bits per heavy atom. The maximum absolute atomic E-state index is 13.0. The maximum Gasteiger partial charge on any atom is 0.290 e. The van der Waals surface area contributed by atoms with Crippen LogP contribution in [0.25, 0.3) is 5.65 Å². The van der Waals surface area contributed by atoms with Crippen molar-refractivity contribution in [3.05, 3.63) is 30.2 Å². The number of aromatic nitrogens is 3. The minimum Gasteiger partial charge on any atom is -0.483 e. The third kappa shape index (κ3) is 3.79. The average Bonchev–Trinajstić information content (AvgIpc) is 3.09. The molecule has 0 unspecified atom stereocenters. The van der Waals surface area contributed by atoms with Crippen molar-refractivity contribution < 1.29 is 19.8 Å². The smallest absolute Gasteiger partial charge is 0.290 e. The molecule has 0 saturated carbocycles. The van der Waals surface area contributed by atoms with Gasteiger partial charge in [0, 0.05) is 37.8 Å². The van der Waals surface area contributed by atoms with Crippen LogP contribution in [0.15, 0.2) is 24.5 Å². The molecule has 4 heterocycles. The lowest BCUT2D eigenvalue weighted by atomic mass is 9.71. The van der Waals surface area contributed by atoms with Crippen molar-refractivity contribution in [3.8, 4) is 0 Å². The van der Waals surface area contributed by atoms with Crippen LogP contribution < -0.4 is 0 Å². The molecule has 2 atom stereocenters. The van der Waals surface area contributed by atoms with Gasteiger partial charge in [0.15, 0.2) is 11.3 Å². The molecule has 0 aliphatic carbocycles. The van der Waals surface area contributed by atoms with E-state index in [0.29, 0.717) is 17.9 Å². The number of imidazole rings is 1. The fraction of sp³-hybridized carbons (Fsp3) is 0.556. The van der Waals surface area contributed by atoms with Crippen LogP contribution in [0.5, 0.6) is 0 Å². The number of hydrogen-bond acceptors (Lipinski definition) is 6. The average molecular weight is 375 g/mol. The van der Waals surface area contributed by atoms with Gasteiger partial charge >= 0.3 is 0 Å². The lowest BCUT2D eigenvalue weighted by Gasteiger charge is -2.50. The van der Waals surface area contributed by atoms with Gasteiger partial charge in [-0.25, -0.2) is 9.50 Å². The zero-order chi connectivity index (χ0) is 19.4. The van der Waals surface area contributed by atoms with Gasteiger partial charge in [-0.05, 0) is 38.4 Å². The van der Waals surface area contributed by atoms with Crippen molar-refractivity contribution in [1.82, 2.24) is 24.4 Å². The van der Waals surface area contributed by atoms with Gasteiger partial charge in [-0.1, -0.05) is 0 Å². The first-order chi connectivity index (χ1) is 13.0. The minimum atomic E-state index is -0.343. The Hall–Kier alpha value is -2.52. The van der Waals surface area contributed by atoms with E-state index in [2.05, 4.69) is 22.0 Å². The van der Waals surface area contributed by atoms with Crippen LogP contribution >= 0.6 is 0 Å². The third-order valence-corrected chi connectivity index (χ3v) is 5.47. The monoisotopic (exact) mass is 375 g/mol. The number of aliphatic hydroxyl groups is 1. The van der Waals surface area contributed by atoms with E-state index in [-0.39, 0.29) is 23.9 Å². The van der Waals surface area contributed by atoms with E-state index in [1.807, 2.05) is 11.0 Å². The van der Waals surface area contributed by atoms with Crippen molar-refractivity contribution in [3.63, 3.8) is 0 Å². The first-order valence-electron chi connectivity index (χ1n) is 9.03. The number of aliphatic hydroxyl groups excluding tert-OH is 1. The molecule has 2 aliphatic rings. The van der Waals surface area contributed by atoms with Crippen LogP contribution in [-0.4, -0.2) is 86.3 Å². The van der Waals surface area contributed by atoms with E-state index in [0.717, 1.165) is 38.9 Å². The highest BCUT2D eigenvalue weighted by molar-refractivity contribution is 5.93. The largest absolute Gasteiger partial charge is 0.483 e. The molecule has 9 heteroatoms. The highest BCUT2D eigenvalue weighted by Gasteiger charge is 2.45. The molecule has 2 N–H and O–H groups in total. The summed E-state index contributed by atoms with van der Waals surface area (Å²) in [5.41, 5.74) is 0.945. The SMILES string of the molecule is CN1CC[C@H](O)[C@@]2(CCCN(C(=O)c3cnc4cccnn34)C2)C1.O=CO. The molecule has 1 amide bonds. The Kier molecular flexibility index (Phi) is 5.71. The number of piperidine rings is 2. The standard InChI is InChI=1S/C17H23N5O2.CH2O2/c1-20-9-5-14(23)17(11-20)6-3-8-21(12-17)16(24)13-10-18-15-4-2-7-19-22(13)15;2-1-3/h2,4,7,10,14,23H,3,5-6,8-9,11-12H2,1H3;1H,(H,2,3)/t14-,17-;/m0./s1. The molecule has 2 aromatic heterocycles. The first-order valence-corrected chi connectivity index (χ1v) is 9.03. The molecule has 146 valence electrons. The van der Waals surface area contributed by atoms with E-state index < -0.39 is 0 Å². The number of carbonyl (C=O) groups is 2. The normalized spacial score (nSPS) is 25.9. The molecule has 2 aliphatic heterocycles. The second-order valence-corrected chi connectivity index (χ2v) is 7.28. The summed E-state index contributed by atoms with van der Waals surface area (Å²) in [5, 5.41) is 21.7. The Bertz CT molecular complexity index is 810. The topological polar surface area (TPSA) is 111 Å². The second kappa shape index (κ2) is 8.01. The predicted octanol–water partition coefficient (Wildman–Crippen LogP) is 0.349. The van der Waals surface area contributed by atoms with Crippen molar-refractivity contribution >= 4 is 18.0 Å². The molecule has 2 fully saturated rings. The first kappa shape index (κ1) is 19.2. The number of amides is 1. The Labute approximate surface area is 157 Å². The zero-order valence-corrected chi connectivity index (χ0v) is 15.4. The van der Waals surface area contributed by atoms with Crippen LogP contribution in [0.1, 0.15) is 29.8 Å². The lowest BCUT2D eigenvalue weighted by Crippen LogP contribution is -2.59. The molecule has 0 aromatic carbocycles. The molecule has 0 bridgehead atoms. The minimum absolute atomic E-state index is 0.0549. The summed E-state index contributed by atoms with van der Waals surface area (Å²) >= 11 is 0. The number of fused-ring (bicyclic) bond motifs is 1. The van der Waals surface area contributed by atoms with Gasteiger partial charge in [0.25, 0.3) is 12.4 Å². The van der Waals surface area contributed by atoms with E-state index in [1.165, 1.54) is 0 Å². The number of hydrogen-bond donors (Lipinski definition) is 2. The summed E-state index contributed by atoms with van der Waals surface area (Å²) in [7, 11) is 2.09. The molecular formula is C18H25N5O4. The van der Waals surface area contributed by atoms with Crippen molar-refractivity contribution in [1.29, 1.82) is 0 Å². The van der Waals surface area contributed by atoms with Crippen LogP contribution in [0.4, 0.5) is 0 Å². The lowest BCUT2D eigenvalue weighted by molar-refractivity contribution is -0.122. The van der Waals surface area contributed by atoms with Crippen molar-refractivity contribution in [2.45, 2.75) is 25.4 Å². The van der Waals surface area contributed by atoms with Crippen LogP contribution in [-0.2, 0) is 4.79 Å². The summed E-state index contributed by atoms with van der Waals surface area (Å²) in [6.07, 6.45) is 5.56. The second-order valence-electron chi connectivity index (χ2n) is 7.28. The third-order valence-electron chi connectivity index (χ3n) is 5.47. The molecular weight excluding hydrogens is 350 g/mol. The molecule has 2 aromatic rings. The molecule has 9 nitrogen and oxygen atoms in total. The summed E-state index contributed by atoms with van der Waals surface area (Å²) in [4.78, 5) is 29.8. The Morgan fingerprint density at radius 3 is 2.93 bits per heavy atom. The van der Waals surface area contributed by atoms with E-state index in [9.17, 15) is 9.90 Å². The number of nitrogens with zero attached hydrogens (tertiary/aromatic N) is 5. The van der Waals surface area contributed by atoms with E-state index in [4.69, 9.17) is 9.90 Å². The Balaban J connectivity index is 0.000000659. The fourth-order valence-electron chi connectivity index (χ4n) is 4.24. The summed E-state index contributed by atoms with van der Waals surface area (Å²) < 4.78 is 1.59. The van der Waals surface area contributed by atoms with Crippen LogP contribution in [0, 0.1) is 5.41 Å². The number of likely N-dealkylation sites (tertiary alicyclic amines) is 2. The summed E-state index contributed by atoms with van der Waals surface area (Å²) in [6, 6.07) is 3.64.